The maximum atomic E-state index is 13.0. The fourth-order valence-electron chi connectivity index (χ4n) is 7.14. The van der Waals surface area contributed by atoms with Gasteiger partial charge < -0.3 is 55.2 Å². The first-order chi connectivity index (χ1) is 23.5. The van der Waals surface area contributed by atoms with Crippen LogP contribution in [0.2, 0.25) is 0 Å². The third-order valence-electron chi connectivity index (χ3n) is 9.76. The van der Waals surface area contributed by atoms with Gasteiger partial charge in [-0.1, -0.05) is 0 Å². The van der Waals surface area contributed by atoms with Crippen molar-refractivity contribution in [2.75, 3.05) is 45.9 Å². The van der Waals surface area contributed by atoms with Gasteiger partial charge in [-0.2, -0.15) is 0 Å². The number of benzene rings is 1. The summed E-state index contributed by atoms with van der Waals surface area (Å²) in [5, 5.41) is 50.1. The van der Waals surface area contributed by atoms with Crippen LogP contribution in [0.5, 0.6) is 0 Å². The highest BCUT2D eigenvalue weighted by Gasteiger charge is 2.55. The van der Waals surface area contributed by atoms with Crippen molar-refractivity contribution in [3.05, 3.63) is 36.0 Å². The third-order valence-corrected chi connectivity index (χ3v) is 9.76. The van der Waals surface area contributed by atoms with Gasteiger partial charge in [0.15, 0.2) is 5.60 Å². The number of morpholine rings is 1. The molecule has 0 saturated carbocycles. The van der Waals surface area contributed by atoms with Gasteiger partial charge in [0.25, 0.3) is 5.91 Å². The van der Waals surface area contributed by atoms with Gasteiger partial charge in [0.1, 0.15) is 17.8 Å². The minimum absolute atomic E-state index is 0.127. The molecule has 276 valence electrons. The SMILES string of the molecule is CC(=O)N[C@H]1[C@H]([C@H](O)[C@H](O)CNC(=O)c2ccc3[nH]ccc3c2)O[C@@](CCN2CCOC[C@@]23CCN(C(=O)OC(C)(C)C)C3)(C(=O)O)C[C@@H]1O. The van der Waals surface area contributed by atoms with Crippen molar-refractivity contribution in [3.8, 4) is 0 Å². The fraction of sp³-hybridized carbons (Fsp3) is 0.647. The van der Waals surface area contributed by atoms with E-state index in [9.17, 15) is 39.6 Å². The number of fused-ring (bicyclic) bond motifs is 1. The first kappa shape index (κ1) is 37.5. The maximum absolute atomic E-state index is 13.0. The number of aromatic nitrogens is 1. The summed E-state index contributed by atoms with van der Waals surface area (Å²) in [6.45, 7) is 8.22. The van der Waals surface area contributed by atoms with Gasteiger partial charge in [-0.25, -0.2) is 9.59 Å². The highest BCUT2D eigenvalue weighted by molar-refractivity contribution is 5.98. The van der Waals surface area contributed by atoms with E-state index in [-0.39, 0.29) is 13.0 Å². The lowest BCUT2D eigenvalue weighted by Crippen LogP contribution is -2.68. The van der Waals surface area contributed by atoms with Gasteiger partial charge in [-0.3, -0.25) is 14.5 Å². The van der Waals surface area contributed by atoms with E-state index < -0.39 is 84.0 Å². The van der Waals surface area contributed by atoms with Crippen LogP contribution in [0.15, 0.2) is 30.5 Å². The van der Waals surface area contributed by atoms with Crippen molar-refractivity contribution in [2.24, 2.45) is 0 Å². The average Bonchev–Trinajstić information content (AvgIpc) is 3.70. The second kappa shape index (κ2) is 14.8. The topological polar surface area (TPSA) is 223 Å². The average molecular weight is 704 g/mol. The molecular weight excluding hydrogens is 654 g/mol. The van der Waals surface area contributed by atoms with Crippen molar-refractivity contribution in [1.29, 1.82) is 0 Å². The Morgan fingerprint density at radius 3 is 2.62 bits per heavy atom. The standard InChI is InChI=1S/C34H49N5O11/c1-20(40)37-26-24(41)16-34(30(45)46,9-12-39-13-14-48-19-33(39)8-11-38(18-33)31(47)50-32(2,3)4)49-28(26)27(43)25(42)17-36-29(44)22-5-6-23-21(15-22)7-10-35-23/h5-7,10,15,24-28,35,41-43H,8-9,11-14,16-19H2,1-4H3,(H,36,44)(H,37,40)(H,45,46)/t24-,25+,26+,27+,28+,33-,34+/m0/s1. The molecule has 3 saturated heterocycles. The zero-order valence-corrected chi connectivity index (χ0v) is 28.9. The first-order valence-electron chi connectivity index (χ1n) is 16.9. The van der Waals surface area contributed by atoms with Gasteiger partial charge in [-0.05, 0) is 51.5 Å². The van der Waals surface area contributed by atoms with Crippen molar-refractivity contribution < 1.29 is 53.8 Å². The predicted molar refractivity (Wildman–Crippen MR) is 178 cm³/mol. The van der Waals surface area contributed by atoms with E-state index in [1.54, 1.807) is 56.1 Å². The summed E-state index contributed by atoms with van der Waals surface area (Å²) in [6.07, 6.45) is -5.18. The molecule has 1 aromatic carbocycles. The maximum Gasteiger partial charge on any atom is 0.410 e. The molecular formula is C34H49N5O11. The highest BCUT2D eigenvalue weighted by atomic mass is 16.6. The lowest BCUT2D eigenvalue weighted by atomic mass is 9.81. The van der Waals surface area contributed by atoms with Crippen LogP contribution in [0.1, 0.15) is 57.3 Å². The quantitative estimate of drug-likeness (QED) is 0.176. The molecule has 7 N–H and O–H groups in total. The van der Waals surface area contributed by atoms with Gasteiger partial charge in [-0.15, -0.1) is 0 Å². The van der Waals surface area contributed by atoms with Gasteiger partial charge in [0.05, 0.1) is 37.0 Å². The Labute approximate surface area is 290 Å². The molecule has 50 heavy (non-hydrogen) atoms. The number of nitrogens with one attached hydrogen (secondary N) is 3. The molecule has 16 nitrogen and oxygen atoms in total. The van der Waals surface area contributed by atoms with Gasteiger partial charge >= 0.3 is 12.1 Å². The summed E-state index contributed by atoms with van der Waals surface area (Å²) in [4.78, 5) is 57.5. The number of hydrogen-bond acceptors (Lipinski definition) is 11. The number of carbonyl (C=O) groups excluding carboxylic acids is 3. The van der Waals surface area contributed by atoms with Crippen molar-refractivity contribution in [1.82, 2.24) is 25.4 Å². The van der Waals surface area contributed by atoms with Crippen LogP contribution in [0.4, 0.5) is 4.79 Å². The number of H-pyrrole nitrogens is 1. The third kappa shape index (κ3) is 8.22. The normalized spacial score (nSPS) is 28.7. The Morgan fingerprint density at radius 2 is 1.92 bits per heavy atom. The second-order valence-electron chi connectivity index (χ2n) is 14.6. The molecule has 1 spiro atoms. The number of carbonyl (C=O) groups is 4. The molecule has 16 heteroatoms. The number of rotatable bonds is 10. The number of carboxylic acids is 1. The molecule has 0 radical (unpaired) electrons. The number of carboxylic acid groups (broad SMARTS) is 1. The molecule has 7 atom stereocenters. The van der Waals surface area contributed by atoms with E-state index in [4.69, 9.17) is 14.2 Å². The number of nitrogens with zero attached hydrogens (tertiary/aromatic N) is 2. The number of aliphatic carboxylic acids is 1. The molecule has 1 aromatic heterocycles. The second-order valence-corrected chi connectivity index (χ2v) is 14.6. The smallest absolute Gasteiger partial charge is 0.410 e. The van der Waals surface area contributed by atoms with E-state index in [2.05, 4.69) is 20.5 Å². The Hall–Kier alpha value is -3.80. The molecule has 2 aromatic rings. The number of ether oxygens (including phenoxy) is 3. The monoisotopic (exact) mass is 703 g/mol. The summed E-state index contributed by atoms with van der Waals surface area (Å²) in [5.41, 5.74) is -2.12. The minimum Gasteiger partial charge on any atom is -0.479 e. The van der Waals surface area contributed by atoms with Gasteiger partial charge in [0.2, 0.25) is 5.91 Å². The molecule has 3 aliphatic heterocycles. The molecule has 0 bridgehead atoms. The van der Waals surface area contributed by atoms with Crippen molar-refractivity contribution >= 4 is 34.8 Å². The Balaban J connectivity index is 1.29. The number of amides is 3. The van der Waals surface area contributed by atoms with E-state index in [1.807, 2.05) is 0 Å². The summed E-state index contributed by atoms with van der Waals surface area (Å²) in [5.74, 6) is -2.47. The van der Waals surface area contributed by atoms with E-state index in [0.29, 0.717) is 44.8 Å². The Morgan fingerprint density at radius 1 is 1.16 bits per heavy atom. The minimum atomic E-state index is -2.02. The number of aliphatic hydroxyl groups is 3. The number of aromatic amines is 1. The largest absolute Gasteiger partial charge is 0.479 e. The Kier molecular flexibility index (Phi) is 11.1. The lowest BCUT2D eigenvalue weighted by Gasteiger charge is -2.49. The van der Waals surface area contributed by atoms with Crippen molar-refractivity contribution in [2.45, 2.75) is 94.2 Å². The summed E-state index contributed by atoms with van der Waals surface area (Å²) < 4.78 is 17.5. The fourth-order valence-corrected chi connectivity index (χ4v) is 7.14. The van der Waals surface area contributed by atoms with Crippen LogP contribution in [-0.2, 0) is 23.8 Å². The summed E-state index contributed by atoms with van der Waals surface area (Å²) >= 11 is 0. The van der Waals surface area contributed by atoms with Crippen LogP contribution in [0, 0.1) is 0 Å². The zero-order chi connectivity index (χ0) is 36.4. The number of hydrogen-bond donors (Lipinski definition) is 7. The molecule has 0 unspecified atom stereocenters. The molecule has 4 heterocycles. The first-order valence-corrected chi connectivity index (χ1v) is 16.9. The zero-order valence-electron chi connectivity index (χ0n) is 28.9. The van der Waals surface area contributed by atoms with Crippen molar-refractivity contribution in [3.63, 3.8) is 0 Å². The number of likely N-dealkylation sites (tertiary alicyclic amines) is 1. The summed E-state index contributed by atoms with van der Waals surface area (Å²) in [6, 6.07) is 5.54. The van der Waals surface area contributed by atoms with Crippen LogP contribution < -0.4 is 10.6 Å². The molecule has 5 rings (SSSR count). The summed E-state index contributed by atoms with van der Waals surface area (Å²) in [7, 11) is 0. The molecule has 0 aliphatic carbocycles. The van der Waals surface area contributed by atoms with E-state index in [1.165, 1.54) is 6.92 Å². The lowest BCUT2D eigenvalue weighted by molar-refractivity contribution is -0.231. The van der Waals surface area contributed by atoms with Gasteiger partial charge in [0, 0.05) is 75.2 Å². The Bertz CT molecular complexity index is 1560. The predicted octanol–water partition coefficient (Wildman–Crippen LogP) is 0.199. The van der Waals surface area contributed by atoms with Crippen LogP contribution in [0.25, 0.3) is 10.9 Å². The number of aliphatic hydroxyl groups excluding tert-OH is 3. The van der Waals surface area contributed by atoms with Crippen LogP contribution in [-0.4, -0.2) is 152 Å². The van der Waals surface area contributed by atoms with E-state index >= 15 is 0 Å². The van der Waals surface area contributed by atoms with Crippen LogP contribution in [0.3, 0.4) is 0 Å². The van der Waals surface area contributed by atoms with Crippen LogP contribution >= 0.6 is 0 Å². The molecule has 3 amide bonds. The molecule has 3 aliphatic rings. The molecule has 3 fully saturated rings. The van der Waals surface area contributed by atoms with E-state index in [0.717, 1.165) is 10.9 Å². The highest BCUT2D eigenvalue weighted by Crippen LogP contribution is 2.38.